The number of halogens is 2. The van der Waals surface area contributed by atoms with Gasteiger partial charge in [0, 0.05) is 17.3 Å². The minimum absolute atomic E-state index is 0.0168. The van der Waals surface area contributed by atoms with E-state index in [1.165, 1.54) is 0 Å². The standard InChI is InChI=1S/C14H19Cl2NO/c1-10(11-4-6-12(16)7-5-11)17-13(18)8-14(2,3)9-15/h4-7,10H,8-9H2,1-3H3,(H,17,18). The van der Waals surface area contributed by atoms with Crippen molar-refractivity contribution in [3.63, 3.8) is 0 Å². The zero-order valence-electron chi connectivity index (χ0n) is 11.0. The molecule has 0 saturated heterocycles. The summed E-state index contributed by atoms with van der Waals surface area (Å²) in [5.74, 6) is 0.485. The molecule has 1 amide bonds. The van der Waals surface area contributed by atoms with E-state index in [0.717, 1.165) is 5.56 Å². The van der Waals surface area contributed by atoms with Gasteiger partial charge in [0.25, 0.3) is 0 Å². The molecule has 1 N–H and O–H groups in total. The van der Waals surface area contributed by atoms with Gasteiger partial charge in [-0.25, -0.2) is 0 Å². The van der Waals surface area contributed by atoms with Crippen LogP contribution in [0.4, 0.5) is 0 Å². The molecule has 18 heavy (non-hydrogen) atoms. The molecular weight excluding hydrogens is 269 g/mol. The Morgan fingerprint density at radius 2 is 1.89 bits per heavy atom. The van der Waals surface area contributed by atoms with Gasteiger partial charge in [0.2, 0.25) is 5.91 Å². The van der Waals surface area contributed by atoms with E-state index in [1.54, 1.807) is 0 Å². The molecule has 2 nitrogen and oxygen atoms in total. The Kier molecular flexibility index (Phi) is 5.48. The molecule has 0 aliphatic rings. The Balaban J connectivity index is 2.57. The van der Waals surface area contributed by atoms with Crippen molar-refractivity contribution in [3.05, 3.63) is 34.9 Å². The highest BCUT2D eigenvalue weighted by Crippen LogP contribution is 2.23. The van der Waals surface area contributed by atoms with E-state index in [-0.39, 0.29) is 17.4 Å². The molecule has 0 aliphatic heterocycles. The van der Waals surface area contributed by atoms with Gasteiger partial charge in [0.05, 0.1) is 6.04 Å². The Labute approximate surface area is 119 Å². The van der Waals surface area contributed by atoms with E-state index in [2.05, 4.69) is 5.32 Å². The molecule has 1 aromatic rings. The first kappa shape index (κ1) is 15.3. The highest BCUT2D eigenvalue weighted by atomic mass is 35.5. The third-order valence-electron chi connectivity index (χ3n) is 2.75. The Hall–Kier alpha value is -0.730. The van der Waals surface area contributed by atoms with Crippen molar-refractivity contribution in [3.8, 4) is 0 Å². The summed E-state index contributed by atoms with van der Waals surface area (Å²) < 4.78 is 0. The molecule has 1 atom stereocenters. The summed E-state index contributed by atoms with van der Waals surface area (Å²) in [5, 5.41) is 3.66. The monoisotopic (exact) mass is 287 g/mol. The second-order valence-electron chi connectivity index (χ2n) is 5.32. The van der Waals surface area contributed by atoms with Gasteiger partial charge in [-0.1, -0.05) is 37.6 Å². The lowest BCUT2D eigenvalue weighted by atomic mass is 9.91. The smallest absolute Gasteiger partial charge is 0.221 e. The fourth-order valence-electron chi connectivity index (χ4n) is 1.61. The van der Waals surface area contributed by atoms with Crippen LogP contribution in [-0.2, 0) is 4.79 Å². The number of nitrogens with one attached hydrogen (secondary N) is 1. The molecule has 0 aromatic heterocycles. The molecule has 0 heterocycles. The van der Waals surface area contributed by atoms with Crippen LogP contribution in [-0.4, -0.2) is 11.8 Å². The number of alkyl halides is 1. The molecule has 0 spiro atoms. The van der Waals surface area contributed by atoms with E-state index in [4.69, 9.17) is 23.2 Å². The maximum Gasteiger partial charge on any atom is 0.221 e. The summed E-state index contributed by atoms with van der Waals surface area (Å²) in [5.41, 5.74) is 0.863. The topological polar surface area (TPSA) is 29.1 Å². The Morgan fingerprint density at radius 3 is 2.39 bits per heavy atom. The molecule has 0 fully saturated rings. The van der Waals surface area contributed by atoms with Crippen LogP contribution in [0.15, 0.2) is 24.3 Å². The Bertz CT molecular complexity index is 401. The lowest BCUT2D eigenvalue weighted by Gasteiger charge is -2.22. The van der Waals surface area contributed by atoms with Crippen LogP contribution in [0.1, 0.15) is 38.8 Å². The summed E-state index contributed by atoms with van der Waals surface area (Å²) >= 11 is 11.6. The molecule has 0 radical (unpaired) electrons. The molecular formula is C14H19Cl2NO. The number of amides is 1. The van der Waals surface area contributed by atoms with Crippen LogP contribution >= 0.6 is 23.2 Å². The quantitative estimate of drug-likeness (QED) is 0.809. The van der Waals surface area contributed by atoms with Crippen molar-refractivity contribution in [2.75, 3.05) is 5.88 Å². The second-order valence-corrected chi connectivity index (χ2v) is 6.02. The highest BCUT2D eigenvalue weighted by Gasteiger charge is 2.21. The predicted molar refractivity (Wildman–Crippen MR) is 77.1 cm³/mol. The summed E-state index contributed by atoms with van der Waals surface area (Å²) in [4.78, 5) is 11.9. The average molecular weight is 288 g/mol. The van der Waals surface area contributed by atoms with E-state index >= 15 is 0 Å². The van der Waals surface area contributed by atoms with Gasteiger partial charge in [-0.2, -0.15) is 0 Å². The number of hydrogen-bond acceptors (Lipinski definition) is 1. The number of carbonyl (C=O) groups excluding carboxylic acids is 1. The van der Waals surface area contributed by atoms with Crippen molar-refractivity contribution in [2.45, 2.75) is 33.2 Å². The molecule has 4 heteroatoms. The number of carbonyl (C=O) groups is 1. The maximum atomic E-state index is 11.9. The largest absolute Gasteiger partial charge is 0.350 e. The Morgan fingerprint density at radius 1 is 1.33 bits per heavy atom. The van der Waals surface area contributed by atoms with Crippen molar-refractivity contribution >= 4 is 29.1 Å². The van der Waals surface area contributed by atoms with E-state index < -0.39 is 0 Å². The number of rotatable bonds is 5. The summed E-state index contributed by atoms with van der Waals surface area (Å²) in [6, 6.07) is 7.45. The summed E-state index contributed by atoms with van der Waals surface area (Å²) in [6.45, 7) is 5.91. The van der Waals surface area contributed by atoms with E-state index in [1.807, 2.05) is 45.0 Å². The van der Waals surface area contributed by atoms with Crippen LogP contribution in [0.5, 0.6) is 0 Å². The third kappa shape index (κ3) is 4.87. The van der Waals surface area contributed by atoms with Gasteiger partial charge in [0.1, 0.15) is 0 Å². The lowest BCUT2D eigenvalue weighted by Crippen LogP contribution is -2.31. The van der Waals surface area contributed by atoms with Gasteiger partial charge in [-0.05, 0) is 30.0 Å². The van der Waals surface area contributed by atoms with Crippen LogP contribution in [0.25, 0.3) is 0 Å². The maximum absolute atomic E-state index is 11.9. The van der Waals surface area contributed by atoms with Crippen LogP contribution in [0.3, 0.4) is 0 Å². The fraction of sp³-hybridized carbons (Fsp3) is 0.500. The van der Waals surface area contributed by atoms with Crippen molar-refractivity contribution in [1.82, 2.24) is 5.32 Å². The lowest BCUT2D eigenvalue weighted by molar-refractivity contribution is -0.123. The van der Waals surface area contributed by atoms with E-state index in [0.29, 0.717) is 17.3 Å². The van der Waals surface area contributed by atoms with E-state index in [9.17, 15) is 4.79 Å². The van der Waals surface area contributed by atoms with Gasteiger partial charge in [0.15, 0.2) is 0 Å². The highest BCUT2D eigenvalue weighted by molar-refractivity contribution is 6.30. The van der Waals surface area contributed by atoms with Crippen LogP contribution in [0, 0.1) is 5.41 Å². The molecule has 1 aromatic carbocycles. The molecule has 0 aliphatic carbocycles. The van der Waals surface area contributed by atoms with Gasteiger partial charge in [-0.3, -0.25) is 4.79 Å². The first-order valence-corrected chi connectivity index (χ1v) is 6.86. The molecule has 1 unspecified atom stereocenters. The van der Waals surface area contributed by atoms with Crippen molar-refractivity contribution < 1.29 is 4.79 Å². The zero-order valence-corrected chi connectivity index (χ0v) is 12.5. The number of benzene rings is 1. The van der Waals surface area contributed by atoms with Gasteiger partial charge >= 0.3 is 0 Å². The summed E-state index contributed by atoms with van der Waals surface area (Å²) in [7, 11) is 0. The average Bonchev–Trinajstić information content (AvgIpc) is 2.29. The number of hydrogen-bond donors (Lipinski definition) is 1. The predicted octanol–water partition coefficient (Wildman–Crippen LogP) is 4.17. The van der Waals surface area contributed by atoms with Gasteiger partial charge in [-0.15, -0.1) is 11.6 Å². The fourth-order valence-corrected chi connectivity index (χ4v) is 1.83. The second kappa shape index (κ2) is 6.44. The van der Waals surface area contributed by atoms with Crippen LogP contribution < -0.4 is 5.32 Å². The first-order valence-electron chi connectivity index (χ1n) is 5.95. The minimum Gasteiger partial charge on any atom is -0.350 e. The molecule has 100 valence electrons. The first-order chi connectivity index (χ1) is 8.34. The normalized spacial score (nSPS) is 13.2. The third-order valence-corrected chi connectivity index (χ3v) is 3.72. The molecule has 0 saturated carbocycles. The molecule has 0 bridgehead atoms. The van der Waals surface area contributed by atoms with Crippen molar-refractivity contribution in [1.29, 1.82) is 0 Å². The zero-order chi connectivity index (χ0) is 13.8. The minimum atomic E-state index is -0.175. The summed E-state index contributed by atoms with van der Waals surface area (Å²) in [6.07, 6.45) is 0.425. The van der Waals surface area contributed by atoms with Gasteiger partial charge < -0.3 is 5.32 Å². The van der Waals surface area contributed by atoms with Crippen LogP contribution in [0.2, 0.25) is 5.02 Å². The molecule has 1 rings (SSSR count). The SMILES string of the molecule is CC(NC(=O)CC(C)(C)CCl)c1ccc(Cl)cc1. The van der Waals surface area contributed by atoms with Crippen molar-refractivity contribution in [2.24, 2.45) is 5.41 Å².